The van der Waals surface area contributed by atoms with Crippen LogP contribution in [0.25, 0.3) is 0 Å². The summed E-state index contributed by atoms with van der Waals surface area (Å²) in [6.45, 7) is 0.293. The summed E-state index contributed by atoms with van der Waals surface area (Å²) in [6.07, 6.45) is 0.695. The fourth-order valence-corrected chi connectivity index (χ4v) is 2.65. The van der Waals surface area contributed by atoms with Gasteiger partial charge in [-0.25, -0.2) is 4.79 Å². The number of rotatable bonds is 4. The Balaban J connectivity index is 1.59. The zero-order valence-corrected chi connectivity index (χ0v) is 15.0. The zero-order valence-electron chi connectivity index (χ0n) is 14.2. The second-order valence-corrected chi connectivity index (χ2v) is 6.06. The fraction of sp³-hybridized carbons (Fsp3) is 0.211. The molecule has 0 aliphatic carbocycles. The zero-order chi connectivity index (χ0) is 19.2. The van der Waals surface area contributed by atoms with E-state index in [1.165, 1.54) is 12.1 Å². The molecule has 1 heterocycles. The lowest BCUT2D eigenvalue weighted by molar-refractivity contribution is -0.123. The molecule has 0 unspecified atom stereocenters. The van der Waals surface area contributed by atoms with Gasteiger partial charge in [0.25, 0.3) is 11.8 Å². The van der Waals surface area contributed by atoms with Crippen LogP contribution < -0.4 is 14.8 Å². The van der Waals surface area contributed by atoms with Crippen molar-refractivity contribution in [2.75, 3.05) is 19.8 Å². The molecule has 0 bridgehead atoms. The van der Waals surface area contributed by atoms with Crippen LogP contribution in [-0.2, 0) is 9.53 Å². The molecule has 0 radical (unpaired) electrons. The molecule has 3 rings (SSSR count). The molecule has 1 aliphatic rings. The molecule has 0 saturated carbocycles. The van der Waals surface area contributed by atoms with Gasteiger partial charge < -0.3 is 14.2 Å². The summed E-state index contributed by atoms with van der Waals surface area (Å²) in [5.41, 5.74) is 0.443. The summed E-state index contributed by atoms with van der Waals surface area (Å²) < 4.78 is 15.9. The molecule has 0 spiro atoms. The molecule has 0 aromatic heterocycles. The van der Waals surface area contributed by atoms with Crippen LogP contribution in [0.3, 0.4) is 0 Å². The van der Waals surface area contributed by atoms with E-state index in [4.69, 9.17) is 25.8 Å². The number of nitrogens with one attached hydrogen (secondary N) is 1. The Bertz CT molecular complexity index is 868. The number of benzene rings is 2. The lowest BCUT2D eigenvalue weighted by atomic mass is 10.2. The van der Waals surface area contributed by atoms with Crippen molar-refractivity contribution in [2.45, 2.75) is 6.42 Å². The van der Waals surface area contributed by atoms with Crippen molar-refractivity contribution in [3.63, 3.8) is 0 Å². The maximum absolute atomic E-state index is 12.2. The van der Waals surface area contributed by atoms with Crippen molar-refractivity contribution in [1.29, 1.82) is 0 Å². The maximum Gasteiger partial charge on any atom is 0.338 e. The molecule has 2 amide bonds. The number of fused-ring (bicyclic) bond motifs is 1. The van der Waals surface area contributed by atoms with Crippen LogP contribution in [0.15, 0.2) is 42.5 Å². The first kappa shape index (κ1) is 18.7. The highest BCUT2D eigenvalue weighted by Gasteiger charge is 2.20. The lowest BCUT2D eigenvalue weighted by Crippen LogP contribution is -2.34. The average Bonchev–Trinajstić information content (AvgIpc) is 2.92. The smallest absolute Gasteiger partial charge is 0.338 e. The Hall–Kier alpha value is -3.06. The summed E-state index contributed by atoms with van der Waals surface area (Å²) in [5.74, 6) is -1.37. The molecule has 0 atom stereocenters. The van der Waals surface area contributed by atoms with Gasteiger partial charge in [0.1, 0.15) is 0 Å². The van der Waals surface area contributed by atoms with Gasteiger partial charge in [0, 0.05) is 12.0 Å². The van der Waals surface area contributed by atoms with Crippen molar-refractivity contribution in [2.24, 2.45) is 0 Å². The minimum absolute atomic E-state index is 0.117. The van der Waals surface area contributed by atoms with Crippen molar-refractivity contribution < 1.29 is 28.6 Å². The lowest BCUT2D eigenvalue weighted by Gasteiger charge is -2.11. The Kier molecular flexibility index (Phi) is 5.93. The third kappa shape index (κ3) is 4.77. The minimum Gasteiger partial charge on any atom is -0.489 e. The molecule has 8 heteroatoms. The Morgan fingerprint density at radius 3 is 2.56 bits per heavy atom. The number of esters is 1. The average molecular weight is 390 g/mol. The van der Waals surface area contributed by atoms with Crippen molar-refractivity contribution in [3.8, 4) is 11.5 Å². The van der Waals surface area contributed by atoms with Crippen LogP contribution in [0.1, 0.15) is 27.1 Å². The number of hydrogen-bond donors (Lipinski definition) is 1. The maximum atomic E-state index is 12.2. The van der Waals surface area contributed by atoms with E-state index >= 15 is 0 Å². The van der Waals surface area contributed by atoms with Gasteiger partial charge >= 0.3 is 5.97 Å². The number of imide groups is 1. The third-order valence-corrected chi connectivity index (χ3v) is 3.94. The highest BCUT2D eigenvalue weighted by molar-refractivity contribution is 6.32. The molecular formula is C19H16ClNO6. The van der Waals surface area contributed by atoms with E-state index in [0.717, 1.165) is 0 Å². The first-order valence-electron chi connectivity index (χ1n) is 8.20. The van der Waals surface area contributed by atoms with E-state index in [9.17, 15) is 14.4 Å². The fourth-order valence-electron chi connectivity index (χ4n) is 2.39. The van der Waals surface area contributed by atoms with E-state index < -0.39 is 24.4 Å². The van der Waals surface area contributed by atoms with Crippen molar-refractivity contribution in [3.05, 3.63) is 58.6 Å². The largest absolute Gasteiger partial charge is 0.489 e. The van der Waals surface area contributed by atoms with Crippen LogP contribution in [0.5, 0.6) is 11.5 Å². The number of ether oxygens (including phenoxy) is 3. The Labute approximate surface area is 160 Å². The van der Waals surface area contributed by atoms with Gasteiger partial charge in [0.15, 0.2) is 18.1 Å². The SMILES string of the molecule is O=C(COC(=O)c1cc(Cl)c2c(c1)OCCCO2)NC(=O)c1ccccc1. The van der Waals surface area contributed by atoms with Gasteiger partial charge in [-0.2, -0.15) is 0 Å². The summed E-state index contributed by atoms with van der Waals surface area (Å²) >= 11 is 6.13. The van der Waals surface area contributed by atoms with Crippen LogP contribution in [-0.4, -0.2) is 37.6 Å². The molecular weight excluding hydrogens is 374 g/mol. The van der Waals surface area contributed by atoms with Gasteiger partial charge in [0.2, 0.25) is 0 Å². The second kappa shape index (κ2) is 8.55. The topological polar surface area (TPSA) is 90.9 Å². The van der Waals surface area contributed by atoms with Gasteiger partial charge in [-0.15, -0.1) is 0 Å². The predicted molar refractivity (Wildman–Crippen MR) is 96.3 cm³/mol. The molecule has 0 saturated heterocycles. The molecule has 140 valence electrons. The van der Waals surface area contributed by atoms with E-state index in [2.05, 4.69) is 5.32 Å². The molecule has 27 heavy (non-hydrogen) atoms. The van der Waals surface area contributed by atoms with Crippen LogP contribution in [0, 0.1) is 0 Å². The van der Waals surface area contributed by atoms with E-state index in [1.54, 1.807) is 30.3 Å². The van der Waals surface area contributed by atoms with Gasteiger partial charge in [0.05, 0.1) is 23.8 Å². The molecule has 2 aromatic carbocycles. The minimum atomic E-state index is -0.769. The van der Waals surface area contributed by atoms with Crippen molar-refractivity contribution in [1.82, 2.24) is 5.32 Å². The summed E-state index contributed by atoms with van der Waals surface area (Å²) in [7, 11) is 0. The standard InChI is InChI=1S/C19H16ClNO6/c20-14-9-13(10-15-17(14)26-8-4-7-25-15)19(24)27-11-16(22)21-18(23)12-5-2-1-3-6-12/h1-3,5-6,9-10H,4,7-8,11H2,(H,21,22,23). The highest BCUT2D eigenvalue weighted by atomic mass is 35.5. The molecule has 1 aliphatic heterocycles. The van der Waals surface area contributed by atoms with Crippen LogP contribution >= 0.6 is 11.6 Å². The monoisotopic (exact) mass is 389 g/mol. The number of halogens is 1. The first-order valence-corrected chi connectivity index (χ1v) is 8.58. The van der Waals surface area contributed by atoms with Gasteiger partial charge in [-0.05, 0) is 24.3 Å². The van der Waals surface area contributed by atoms with E-state index in [-0.39, 0.29) is 10.6 Å². The quantitative estimate of drug-likeness (QED) is 0.808. The summed E-state index contributed by atoms with van der Waals surface area (Å²) in [6, 6.07) is 11.1. The summed E-state index contributed by atoms with van der Waals surface area (Å²) in [5, 5.41) is 2.36. The van der Waals surface area contributed by atoms with Crippen LogP contribution in [0.2, 0.25) is 5.02 Å². The molecule has 1 N–H and O–H groups in total. The number of hydrogen-bond acceptors (Lipinski definition) is 6. The predicted octanol–water partition coefficient (Wildman–Crippen LogP) is 2.61. The Morgan fingerprint density at radius 2 is 1.78 bits per heavy atom. The molecule has 0 fully saturated rings. The van der Waals surface area contributed by atoms with Gasteiger partial charge in [-0.3, -0.25) is 14.9 Å². The first-order chi connectivity index (χ1) is 13.0. The van der Waals surface area contributed by atoms with Crippen molar-refractivity contribution >= 4 is 29.4 Å². The van der Waals surface area contributed by atoms with Crippen LogP contribution in [0.4, 0.5) is 0 Å². The normalized spacial score (nSPS) is 12.6. The highest BCUT2D eigenvalue weighted by Crippen LogP contribution is 2.38. The van der Waals surface area contributed by atoms with E-state index in [0.29, 0.717) is 36.7 Å². The summed E-state index contributed by atoms with van der Waals surface area (Å²) in [4.78, 5) is 35.9. The molecule has 7 nitrogen and oxygen atoms in total. The van der Waals surface area contributed by atoms with Gasteiger partial charge in [-0.1, -0.05) is 29.8 Å². The van der Waals surface area contributed by atoms with E-state index in [1.807, 2.05) is 0 Å². The Morgan fingerprint density at radius 1 is 1.04 bits per heavy atom. The number of carbonyl (C=O) groups excluding carboxylic acids is 3. The number of carbonyl (C=O) groups is 3. The molecule has 2 aromatic rings. The number of amides is 2. The second-order valence-electron chi connectivity index (χ2n) is 5.66. The third-order valence-electron chi connectivity index (χ3n) is 3.66.